The summed E-state index contributed by atoms with van der Waals surface area (Å²) in [4.78, 5) is 28.6. The molecule has 36 heavy (non-hydrogen) atoms. The van der Waals surface area contributed by atoms with E-state index in [2.05, 4.69) is 5.32 Å². The SMILES string of the molecule is CC(C)NC(=O)[C@@H](Cc1ccccc1)N(Cc1ccccc1Cl)C(=O)CCCOc1ccc(Cl)cc1. The molecule has 5 nitrogen and oxygen atoms in total. The first kappa shape index (κ1) is 27.6. The van der Waals surface area contributed by atoms with E-state index in [-0.39, 0.29) is 30.8 Å². The van der Waals surface area contributed by atoms with Crippen LogP contribution in [0.5, 0.6) is 5.75 Å². The fraction of sp³-hybridized carbons (Fsp3) is 0.310. The highest BCUT2D eigenvalue weighted by Crippen LogP contribution is 2.22. The molecule has 190 valence electrons. The van der Waals surface area contributed by atoms with Crippen LogP contribution in [-0.2, 0) is 22.6 Å². The molecule has 0 saturated carbocycles. The van der Waals surface area contributed by atoms with Crippen LogP contribution < -0.4 is 10.1 Å². The second-order valence-corrected chi connectivity index (χ2v) is 9.73. The zero-order chi connectivity index (χ0) is 25.9. The average molecular weight is 527 g/mol. The lowest BCUT2D eigenvalue weighted by Crippen LogP contribution is -2.51. The van der Waals surface area contributed by atoms with E-state index in [1.807, 2.05) is 62.4 Å². The van der Waals surface area contributed by atoms with Crippen LogP contribution in [0.3, 0.4) is 0 Å². The summed E-state index contributed by atoms with van der Waals surface area (Å²) in [5.74, 6) is 0.374. The summed E-state index contributed by atoms with van der Waals surface area (Å²) in [6, 6.07) is 23.5. The van der Waals surface area contributed by atoms with Gasteiger partial charge in [0.25, 0.3) is 0 Å². The summed E-state index contributed by atoms with van der Waals surface area (Å²) in [6.45, 7) is 4.42. The highest BCUT2D eigenvalue weighted by molar-refractivity contribution is 6.31. The van der Waals surface area contributed by atoms with Crippen LogP contribution in [0.2, 0.25) is 10.0 Å². The molecule has 1 atom stereocenters. The Kier molecular flexibility index (Phi) is 10.6. The summed E-state index contributed by atoms with van der Waals surface area (Å²) >= 11 is 12.4. The number of carbonyl (C=O) groups is 2. The number of rotatable bonds is 12. The van der Waals surface area contributed by atoms with Crippen LogP contribution >= 0.6 is 23.2 Å². The number of benzene rings is 3. The van der Waals surface area contributed by atoms with Gasteiger partial charge in [0.1, 0.15) is 11.8 Å². The smallest absolute Gasteiger partial charge is 0.243 e. The van der Waals surface area contributed by atoms with Gasteiger partial charge in [-0.1, -0.05) is 71.7 Å². The number of halogens is 2. The maximum atomic E-state index is 13.6. The van der Waals surface area contributed by atoms with E-state index in [0.717, 1.165) is 11.1 Å². The Bertz CT molecular complexity index is 1120. The van der Waals surface area contributed by atoms with Crippen molar-refractivity contribution in [2.24, 2.45) is 0 Å². The van der Waals surface area contributed by atoms with Gasteiger partial charge in [-0.15, -0.1) is 0 Å². The number of ether oxygens (including phenoxy) is 1. The van der Waals surface area contributed by atoms with Gasteiger partial charge in [-0.3, -0.25) is 9.59 Å². The normalized spacial score (nSPS) is 11.7. The first-order valence-electron chi connectivity index (χ1n) is 12.1. The van der Waals surface area contributed by atoms with E-state index in [0.29, 0.717) is 35.2 Å². The lowest BCUT2D eigenvalue weighted by Gasteiger charge is -2.32. The molecule has 0 aliphatic rings. The van der Waals surface area contributed by atoms with Gasteiger partial charge >= 0.3 is 0 Å². The molecule has 2 amide bonds. The van der Waals surface area contributed by atoms with Crippen molar-refractivity contribution in [2.45, 2.75) is 51.7 Å². The predicted octanol–water partition coefficient (Wildman–Crippen LogP) is 6.32. The summed E-state index contributed by atoms with van der Waals surface area (Å²) < 4.78 is 5.75. The van der Waals surface area contributed by atoms with Crippen molar-refractivity contribution in [1.82, 2.24) is 10.2 Å². The number of hydrogen-bond acceptors (Lipinski definition) is 3. The highest BCUT2D eigenvalue weighted by Gasteiger charge is 2.30. The van der Waals surface area contributed by atoms with Gasteiger partial charge in [-0.05, 0) is 61.7 Å². The largest absolute Gasteiger partial charge is 0.494 e. The summed E-state index contributed by atoms with van der Waals surface area (Å²) in [7, 11) is 0. The third kappa shape index (κ3) is 8.58. The molecule has 0 saturated heterocycles. The Hall–Kier alpha value is -3.02. The maximum absolute atomic E-state index is 13.6. The molecule has 3 aromatic carbocycles. The van der Waals surface area contributed by atoms with Gasteiger partial charge < -0.3 is 15.0 Å². The maximum Gasteiger partial charge on any atom is 0.243 e. The Balaban J connectivity index is 1.79. The lowest BCUT2D eigenvalue weighted by molar-refractivity contribution is -0.141. The molecular formula is C29H32Cl2N2O3. The Morgan fingerprint density at radius 3 is 2.25 bits per heavy atom. The van der Waals surface area contributed by atoms with Gasteiger partial charge in [0, 0.05) is 35.5 Å². The average Bonchev–Trinajstić information content (AvgIpc) is 2.86. The number of nitrogens with zero attached hydrogens (tertiary/aromatic N) is 1. The molecule has 0 aliphatic carbocycles. The Morgan fingerprint density at radius 1 is 0.917 bits per heavy atom. The molecule has 0 heterocycles. The lowest BCUT2D eigenvalue weighted by atomic mass is 10.0. The van der Waals surface area contributed by atoms with Crippen molar-refractivity contribution in [3.8, 4) is 5.75 Å². The van der Waals surface area contributed by atoms with E-state index in [9.17, 15) is 9.59 Å². The number of hydrogen-bond donors (Lipinski definition) is 1. The Morgan fingerprint density at radius 2 is 1.58 bits per heavy atom. The first-order valence-corrected chi connectivity index (χ1v) is 12.8. The molecule has 1 N–H and O–H groups in total. The second kappa shape index (κ2) is 13.9. The van der Waals surface area contributed by atoms with Crippen molar-refractivity contribution in [3.05, 3.63) is 100 Å². The van der Waals surface area contributed by atoms with Gasteiger partial charge in [-0.2, -0.15) is 0 Å². The van der Waals surface area contributed by atoms with E-state index in [1.54, 1.807) is 35.2 Å². The summed E-state index contributed by atoms with van der Waals surface area (Å²) in [5, 5.41) is 4.19. The van der Waals surface area contributed by atoms with Crippen molar-refractivity contribution in [3.63, 3.8) is 0 Å². The number of nitrogens with one attached hydrogen (secondary N) is 1. The van der Waals surface area contributed by atoms with Crippen LogP contribution in [0.1, 0.15) is 37.8 Å². The van der Waals surface area contributed by atoms with Crippen LogP contribution in [0.25, 0.3) is 0 Å². The molecule has 7 heteroatoms. The van der Waals surface area contributed by atoms with E-state index < -0.39 is 6.04 Å². The van der Waals surface area contributed by atoms with E-state index in [4.69, 9.17) is 27.9 Å². The minimum atomic E-state index is -0.684. The quantitative estimate of drug-likeness (QED) is 0.281. The molecule has 0 unspecified atom stereocenters. The minimum absolute atomic E-state index is 0.0548. The van der Waals surface area contributed by atoms with Gasteiger partial charge in [0.05, 0.1) is 6.61 Å². The topological polar surface area (TPSA) is 58.6 Å². The minimum Gasteiger partial charge on any atom is -0.494 e. The second-order valence-electron chi connectivity index (χ2n) is 8.89. The molecule has 0 spiro atoms. The van der Waals surface area contributed by atoms with Crippen LogP contribution in [-0.4, -0.2) is 35.4 Å². The molecule has 0 aromatic heterocycles. The van der Waals surface area contributed by atoms with Crippen LogP contribution in [0, 0.1) is 0 Å². The third-order valence-corrected chi connectivity index (χ3v) is 6.24. The van der Waals surface area contributed by atoms with Crippen molar-refractivity contribution in [2.75, 3.05) is 6.61 Å². The monoisotopic (exact) mass is 526 g/mol. The fourth-order valence-electron chi connectivity index (χ4n) is 3.83. The number of amides is 2. The zero-order valence-corrected chi connectivity index (χ0v) is 22.1. The first-order chi connectivity index (χ1) is 17.3. The summed E-state index contributed by atoms with van der Waals surface area (Å²) in [5.41, 5.74) is 1.77. The molecule has 0 aliphatic heterocycles. The molecule has 3 rings (SSSR count). The molecule has 0 bridgehead atoms. The summed E-state index contributed by atoms with van der Waals surface area (Å²) in [6.07, 6.45) is 1.14. The number of carbonyl (C=O) groups excluding carboxylic acids is 2. The van der Waals surface area contributed by atoms with Gasteiger partial charge in [0.2, 0.25) is 11.8 Å². The standard InChI is InChI=1S/C29H32Cl2N2O3/c1-21(2)32-29(35)27(19-22-9-4-3-5-10-22)33(20-23-11-6-7-12-26(23)31)28(34)13-8-18-36-25-16-14-24(30)15-17-25/h3-7,9-12,14-17,21,27H,8,13,18-20H2,1-2H3,(H,32,35)/t27-/m1/s1. The predicted molar refractivity (Wildman–Crippen MR) is 145 cm³/mol. The van der Waals surface area contributed by atoms with Gasteiger partial charge in [-0.25, -0.2) is 0 Å². The van der Waals surface area contributed by atoms with Crippen molar-refractivity contribution < 1.29 is 14.3 Å². The van der Waals surface area contributed by atoms with Gasteiger partial charge in [0.15, 0.2) is 0 Å². The molecular weight excluding hydrogens is 495 g/mol. The van der Waals surface area contributed by atoms with E-state index in [1.165, 1.54) is 0 Å². The highest BCUT2D eigenvalue weighted by atomic mass is 35.5. The fourth-order valence-corrected chi connectivity index (χ4v) is 4.15. The Labute approximate surface area is 223 Å². The van der Waals surface area contributed by atoms with Crippen molar-refractivity contribution in [1.29, 1.82) is 0 Å². The van der Waals surface area contributed by atoms with Crippen molar-refractivity contribution >= 4 is 35.0 Å². The van der Waals surface area contributed by atoms with E-state index >= 15 is 0 Å². The molecule has 0 fully saturated rings. The zero-order valence-electron chi connectivity index (χ0n) is 20.6. The molecule has 0 radical (unpaired) electrons. The van der Waals surface area contributed by atoms with Crippen LogP contribution in [0.4, 0.5) is 0 Å². The van der Waals surface area contributed by atoms with Crippen LogP contribution in [0.15, 0.2) is 78.9 Å². The molecule has 3 aromatic rings. The third-order valence-electron chi connectivity index (χ3n) is 5.62.